The van der Waals surface area contributed by atoms with Crippen molar-refractivity contribution in [1.82, 2.24) is 5.32 Å². The Balaban J connectivity index is 1.28. The Kier molecular flexibility index (Phi) is 6.34. The lowest BCUT2D eigenvalue weighted by Crippen LogP contribution is -2.25. The van der Waals surface area contributed by atoms with Crippen molar-refractivity contribution < 1.29 is 4.79 Å². The lowest BCUT2D eigenvalue weighted by molar-refractivity contribution is 0.0954. The highest BCUT2D eigenvalue weighted by atomic mass is 35.5. The van der Waals surface area contributed by atoms with E-state index in [-0.39, 0.29) is 5.91 Å². The summed E-state index contributed by atoms with van der Waals surface area (Å²) in [5.41, 5.74) is 2.30. The highest BCUT2D eigenvalue weighted by Gasteiger charge is 2.39. The van der Waals surface area contributed by atoms with Crippen molar-refractivity contribution in [2.75, 3.05) is 6.54 Å². The zero-order valence-electron chi connectivity index (χ0n) is 16.1. The van der Waals surface area contributed by atoms with Gasteiger partial charge in [0.2, 0.25) is 0 Å². The molecule has 2 saturated carbocycles. The minimum atomic E-state index is -0.124. The molecule has 0 heterocycles. The molecule has 0 radical (unpaired) electrons. The van der Waals surface area contributed by atoms with E-state index in [1.807, 2.05) is 18.2 Å². The summed E-state index contributed by atoms with van der Waals surface area (Å²) in [6.07, 6.45) is 5.82. The summed E-state index contributed by atoms with van der Waals surface area (Å²) in [4.78, 5) is 21.1. The number of halogens is 2. The van der Waals surface area contributed by atoms with E-state index in [1.54, 1.807) is 24.3 Å². The zero-order valence-corrected chi connectivity index (χ0v) is 17.6. The first-order valence-electron chi connectivity index (χ1n) is 10.1. The van der Waals surface area contributed by atoms with Crippen LogP contribution in [0.4, 0.5) is 5.69 Å². The third-order valence-electron chi connectivity index (χ3n) is 5.93. The molecule has 2 fully saturated rings. The summed E-state index contributed by atoms with van der Waals surface area (Å²) in [7, 11) is 0. The monoisotopic (exact) mass is 427 g/mol. The molecule has 0 aromatic heterocycles. The van der Waals surface area contributed by atoms with Gasteiger partial charge in [0.05, 0.1) is 17.7 Å². The standard InChI is InChI=1S/C23H23Cl2N3O/c24-19-6-3-16(21(25)13-19)9-10-26-23(29)17-4-7-20(8-5-17)27-14-28-22-12-15-1-2-18(22)11-15/h3-8,13,15,18,22H,1-2,9-12H2,(H,26,29). The molecular formula is C23H23Cl2N3O. The molecule has 0 saturated heterocycles. The molecule has 2 aliphatic rings. The van der Waals surface area contributed by atoms with Gasteiger partial charge in [-0.25, -0.2) is 4.99 Å². The highest BCUT2D eigenvalue weighted by Crippen LogP contribution is 2.45. The van der Waals surface area contributed by atoms with Crippen molar-refractivity contribution in [3.8, 4) is 0 Å². The van der Waals surface area contributed by atoms with E-state index >= 15 is 0 Å². The Labute approximate surface area is 181 Å². The molecule has 2 aromatic carbocycles. The molecule has 29 heavy (non-hydrogen) atoms. The van der Waals surface area contributed by atoms with Crippen LogP contribution in [0.2, 0.25) is 10.0 Å². The largest absolute Gasteiger partial charge is 0.352 e. The van der Waals surface area contributed by atoms with Crippen LogP contribution in [-0.4, -0.2) is 24.5 Å². The number of carbonyl (C=O) groups excluding carboxylic acids is 1. The fraction of sp³-hybridized carbons (Fsp3) is 0.391. The molecular weight excluding hydrogens is 405 g/mol. The molecule has 4 nitrogen and oxygen atoms in total. The summed E-state index contributed by atoms with van der Waals surface area (Å²) in [6.45, 7) is 0.496. The van der Waals surface area contributed by atoms with E-state index in [4.69, 9.17) is 23.2 Å². The molecule has 4 rings (SSSR count). The van der Waals surface area contributed by atoms with Gasteiger partial charge in [0.15, 0.2) is 0 Å². The third-order valence-corrected chi connectivity index (χ3v) is 6.51. The molecule has 2 aliphatic carbocycles. The van der Waals surface area contributed by atoms with Crippen molar-refractivity contribution in [3.63, 3.8) is 0 Å². The summed E-state index contributed by atoms with van der Waals surface area (Å²) in [5, 5.41) is 4.12. The van der Waals surface area contributed by atoms with Gasteiger partial charge in [-0.05, 0) is 79.5 Å². The number of amides is 1. The summed E-state index contributed by atoms with van der Waals surface area (Å²) in [5.74, 6) is 1.47. The van der Waals surface area contributed by atoms with Gasteiger partial charge in [0, 0.05) is 22.2 Å². The topological polar surface area (TPSA) is 53.8 Å². The van der Waals surface area contributed by atoms with E-state index in [1.165, 1.54) is 25.7 Å². The van der Waals surface area contributed by atoms with E-state index in [0.29, 0.717) is 34.6 Å². The van der Waals surface area contributed by atoms with Gasteiger partial charge in [-0.15, -0.1) is 0 Å². The van der Waals surface area contributed by atoms with Crippen LogP contribution in [0.3, 0.4) is 0 Å². The van der Waals surface area contributed by atoms with Crippen LogP contribution in [0.15, 0.2) is 52.4 Å². The number of nitrogens with one attached hydrogen (secondary N) is 1. The minimum absolute atomic E-state index is 0.124. The first-order chi connectivity index (χ1) is 14.1. The number of nitrogens with zero attached hydrogens (tertiary/aromatic N) is 2. The van der Waals surface area contributed by atoms with Crippen molar-refractivity contribution in [2.45, 2.75) is 38.1 Å². The van der Waals surface area contributed by atoms with E-state index in [9.17, 15) is 4.79 Å². The van der Waals surface area contributed by atoms with Gasteiger partial charge in [-0.2, -0.15) is 4.99 Å². The average Bonchev–Trinajstić information content (AvgIpc) is 3.33. The Hall–Kier alpha value is -2.13. The Morgan fingerprint density at radius 3 is 2.62 bits per heavy atom. The zero-order chi connectivity index (χ0) is 20.2. The van der Waals surface area contributed by atoms with Crippen LogP contribution in [-0.2, 0) is 6.42 Å². The van der Waals surface area contributed by atoms with Gasteiger partial charge in [-0.3, -0.25) is 4.79 Å². The van der Waals surface area contributed by atoms with Crippen LogP contribution in [0.25, 0.3) is 0 Å². The van der Waals surface area contributed by atoms with E-state index < -0.39 is 0 Å². The van der Waals surface area contributed by atoms with Crippen molar-refractivity contribution >= 4 is 40.8 Å². The average molecular weight is 428 g/mol. The van der Waals surface area contributed by atoms with Gasteiger partial charge < -0.3 is 5.32 Å². The normalized spacial score (nSPS) is 22.2. The molecule has 0 spiro atoms. The molecule has 3 atom stereocenters. The molecule has 1 N–H and O–H groups in total. The Morgan fingerprint density at radius 2 is 1.93 bits per heavy atom. The number of rotatable bonds is 6. The van der Waals surface area contributed by atoms with Crippen LogP contribution >= 0.6 is 23.2 Å². The van der Waals surface area contributed by atoms with E-state index in [2.05, 4.69) is 21.3 Å². The SMILES string of the molecule is O=C(NCCc1ccc(Cl)cc1Cl)c1ccc(N=C=NC2CC3CCC2C3)cc1. The van der Waals surface area contributed by atoms with Crippen LogP contribution < -0.4 is 5.32 Å². The quantitative estimate of drug-likeness (QED) is 0.567. The second kappa shape index (κ2) is 9.13. The molecule has 2 aromatic rings. The minimum Gasteiger partial charge on any atom is -0.352 e. The number of fused-ring (bicyclic) bond motifs is 2. The maximum Gasteiger partial charge on any atom is 0.251 e. The van der Waals surface area contributed by atoms with Crippen LogP contribution in [0.1, 0.15) is 41.6 Å². The molecule has 6 heteroatoms. The van der Waals surface area contributed by atoms with Crippen LogP contribution in [0, 0.1) is 11.8 Å². The molecule has 150 valence electrons. The van der Waals surface area contributed by atoms with Crippen molar-refractivity contribution in [2.24, 2.45) is 21.8 Å². The Morgan fingerprint density at radius 1 is 1.10 bits per heavy atom. The van der Waals surface area contributed by atoms with E-state index in [0.717, 1.165) is 23.1 Å². The lowest BCUT2D eigenvalue weighted by Gasteiger charge is -2.15. The molecule has 0 aliphatic heterocycles. The Bertz CT molecular complexity index is 951. The van der Waals surface area contributed by atoms with Gasteiger partial charge in [-0.1, -0.05) is 35.7 Å². The van der Waals surface area contributed by atoms with Crippen molar-refractivity contribution in [3.05, 3.63) is 63.6 Å². The summed E-state index contributed by atoms with van der Waals surface area (Å²) < 4.78 is 0. The molecule has 1 amide bonds. The fourth-order valence-electron chi connectivity index (χ4n) is 4.35. The number of hydrogen-bond acceptors (Lipinski definition) is 3. The summed E-state index contributed by atoms with van der Waals surface area (Å²) >= 11 is 12.1. The predicted molar refractivity (Wildman–Crippen MR) is 118 cm³/mol. The van der Waals surface area contributed by atoms with Gasteiger partial charge in [0.25, 0.3) is 5.91 Å². The van der Waals surface area contributed by atoms with Crippen LogP contribution in [0.5, 0.6) is 0 Å². The first kappa shape index (κ1) is 20.2. The maximum atomic E-state index is 12.3. The number of benzene rings is 2. The molecule has 2 bridgehead atoms. The van der Waals surface area contributed by atoms with Crippen molar-refractivity contribution in [1.29, 1.82) is 0 Å². The maximum absolute atomic E-state index is 12.3. The highest BCUT2D eigenvalue weighted by molar-refractivity contribution is 6.35. The molecule has 3 unspecified atom stereocenters. The summed E-state index contributed by atoms with van der Waals surface area (Å²) in [6, 6.07) is 15.8. The fourth-order valence-corrected chi connectivity index (χ4v) is 4.86. The number of hydrogen-bond donors (Lipinski definition) is 1. The second-order valence-corrected chi connectivity index (χ2v) is 8.72. The van der Waals surface area contributed by atoms with Gasteiger partial charge >= 0.3 is 0 Å². The van der Waals surface area contributed by atoms with Gasteiger partial charge in [0.1, 0.15) is 0 Å². The second-order valence-electron chi connectivity index (χ2n) is 7.87. The predicted octanol–water partition coefficient (Wildman–Crippen LogP) is 5.96. The lowest BCUT2D eigenvalue weighted by atomic mass is 9.96. The number of aliphatic imine (C=N–C) groups is 2. The smallest absolute Gasteiger partial charge is 0.251 e. The third kappa shape index (κ3) is 5.08. The first-order valence-corrected chi connectivity index (χ1v) is 10.8. The number of carbonyl (C=O) groups is 1.